The smallest absolute Gasteiger partial charge is 0.221 e. The maximum atomic E-state index is 11.6. The highest BCUT2D eigenvalue weighted by atomic mass is 16.7. The van der Waals surface area contributed by atoms with Gasteiger partial charge < -0.3 is 9.47 Å². The minimum Gasteiger partial charge on any atom is -0.349 e. The number of carbonyl (C=O) groups excluding carboxylic acids is 1. The lowest BCUT2D eigenvalue weighted by atomic mass is 9.96. The molecule has 0 saturated heterocycles. The summed E-state index contributed by atoms with van der Waals surface area (Å²) in [4.78, 5) is 11.6. The fourth-order valence-corrected chi connectivity index (χ4v) is 1.52. The van der Waals surface area contributed by atoms with Gasteiger partial charge in [0.05, 0.1) is 0 Å². The quantitative estimate of drug-likeness (QED) is 0.623. The van der Waals surface area contributed by atoms with Gasteiger partial charge in [0.15, 0.2) is 0 Å². The fraction of sp³-hybridized carbons (Fsp3) is 0.700. The average molecular weight is 184 g/mol. The van der Waals surface area contributed by atoms with Gasteiger partial charge in [0.2, 0.25) is 12.1 Å². The van der Waals surface area contributed by atoms with Crippen LogP contribution in [0.5, 0.6) is 0 Å². The second-order valence-corrected chi connectivity index (χ2v) is 3.14. The van der Waals surface area contributed by atoms with Crippen LogP contribution >= 0.6 is 0 Å². The zero-order chi connectivity index (χ0) is 9.68. The summed E-state index contributed by atoms with van der Waals surface area (Å²) in [7, 11) is 2.96. The van der Waals surface area contributed by atoms with Crippen LogP contribution < -0.4 is 0 Å². The number of hydrogen-bond acceptors (Lipinski definition) is 3. The van der Waals surface area contributed by atoms with Crippen LogP contribution in [0.4, 0.5) is 0 Å². The van der Waals surface area contributed by atoms with Gasteiger partial charge in [-0.05, 0) is 31.3 Å². The molecule has 0 atom stereocenters. The molecule has 74 valence electrons. The molecule has 0 aliphatic heterocycles. The van der Waals surface area contributed by atoms with E-state index < -0.39 is 6.29 Å². The van der Waals surface area contributed by atoms with E-state index in [9.17, 15) is 4.79 Å². The Morgan fingerprint density at radius 1 is 1.38 bits per heavy atom. The Morgan fingerprint density at radius 3 is 2.54 bits per heavy atom. The van der Waals surface area contributed by atoms with E-state index in [1.165, 1.54) is 20.6 Å². The van der Waals surface area contributed by atoms with E-state index in [2.05, 4.69) is 0 Å². The number of Topliss-reactive ketones (excluding diaryl/α,β-unsaturated/α-hetero) is 1. The van der Waals surface area contributed by atoms with Crippen molar-refractivity contribution in [2.24, 2.45) is 0 Å². The molecular weight excluding hydrogens is 168 g/mol. The summed E-state index contributed by atoms with van der Waals surface area (Å²) in [6.07, 6.45) is 5.42. The third-order valence-corrected chi connectivity index (χ3v) is 2.25. The second kappa shape index (κ2) is 5.14. The average Bonchev–Trinajstić information content (AvgIpc) is 2.21. The number of ether oxygens (including phenoxy) is 2. The highest BCUT2D eigenvalue weighted by molar-refractivity contribution is 5.97. The molecule has 0 aromatic heterocycles. The third kappa shape index (κ3) is 2.64. The van der Waals surface area contributed by atoms with Gasteiger partial charge in [0.1, 0.15) is 0 Å². The summed E-state index contributed by atoms with van der Waals surface area (Å²) >= 11 is 0. The van der Waals surface area contributed by atoms with Crippen LogP contribution in [0, 0.1) is 0 Å². The number of methoxy groups -OCH3 is 2. The molecule has 0 radical (unpaired) electrons. The summed E-state index contributed by atoms with van der Waals surface area (Å²) < 4.78 is 9.80. The van der Waals surface area contributed by atoms with Crippen LogP contribution in [0.25, 0.3) is 0 Å². The molecule has 1 rings (SSSR count). The third-order valence-electron chi connectivity index (χ3n) is 2.25. The van der Waals surface area contributed by atoms with Crippen molar-refractivity contribution in [1.82, 2.24) is 0 Å². The van der Waals surface area contributed by atoms with Gasteiger partial charge >= 0.3 is 0 Å². The van der Waals surface area contributed by atoms with Crippen molar-refractivity contribution in [3.05, 3.63) is 11.6 Å². The van der Waals surface area contributed by atoms with Crippen molar-refractivity contribution >= 4 is 5.78 Å². The standard InChI is InChI=1S/C10H16O3/c1-12-10(13-2)9(11)8-6-4-3-5-7-8/h6,10H,3-5,7H2,1-2H3. The summed E-state index contributed by atoms with van der Waals surface area (Å²) in [5.41, 5.74) is 0.861. The molecule has 0 fully saturated rings. The second-order valence-electron chi connectivity index (χ2n) is 3.14. The predicted octanol–water partition coefficient (Wildman–Crippen LogP) is 1.67. The van der Waals surface area contributed by atoms with Crippen LogP contribution in [-0.4, -0.2) is 26.3 Å². The van der Waals surface area contributed by atoms with Gasteiger partial charge in [-0.25, -0.2) is 0 Å². The maximum Gasteiger partial charge on any atom is 0.221 e. The van der Waals surface area contributed by atoms with E-state index in [0.29, 0.717) is 0 Å². The van der Waals surface area contributed by atoms with E-state index in [1.54, 1.807) is 0 Å². The van der Waals surface area contributed by atoms with E-state index in [1.807, 2.05) is 6.08 Å². The van der Waals surface area contributed by atoms with Crippen molar-refractivity contribution in [2.45, 2.75) is 32.0 Å². The lowest BCUT2D eigenvalue weighted by Crippen LogP contribution is -2.26. The van der Waals surface area contributed by atoms with Crippen molar-refractivity contribution in [1.29, 1.82) is 0 Å². The number of allylic oxidation sites excluding steroid dienone is 1. The molecule has 0 aromatic carbocycles. The van der Waals surface area contributed by atoms with Gasteiger partial charge in [-0.1, -0.05) is 6.08 Å². The fourth-order valence-electron chi connectivity index (χ4n) is 1.52. The molecule has 0 aromatic rings. The van der Waals surface area contributed by atoms with Crippen LogP contribution in [-0.2, 0) is 14.3 Å². The van der Waals surface area contributed by atoms with E-state index in [4.69, 9.17) is 9.47 Å². The lowest BCUT2D eigenvalue weighted by Gasteiger charge is -2.16. The molecule has 0 unspecified atom stereocenters. The molecule has 0 heterocycles. The number of carbonyl (C=O) groups is 1. The van der Waals surface area contributed by atoms with Crippen molar-refractivity contribution in [3.8, 4) is 0 Å². The lowest BCUT2D eigenvalue weighted by molar-refractivity contribution is -0.152. The van der Waals surface area contributed by atoms with Gasteiger partial charge in [-0.2, -0.15) is 0 Å². The number of ketones is 1. The predicted molar refractivity (Wildman–Crippen MR) is 49.4 cm³/mol. The van der Waals surface area contributed by atoms with Crippen LogP contribution in [0.15, 0.2) is 11.6 Å². The Hall–Kier alpha value is -0.670. The maximum absolute atomic E-state index is 11.6. The normalized spacial score (nSPS) is 17.3. The molecule has 1 aliphatic carbocycles. The summed E-state index contributed by atoms with van der Waals surface area (Å²) in [6, 6.07) is 0. The van der Waals surface area contributed by atoms with E-state index in [0.717, 1.165) is 24.8 Å². The summed E-state index contributed by atoms with van der Waals surface area (Å²) in [6.45, 7) is 0. The Balaban J connectivity index is 2.59. The molecule has 0 spiro atoms. The number of hydrogen-bond donors (Lipinski definition) is 0. The van der Waals surface area contributed by atoms with Crippen molar-refractivity contribution in [3.63, 3.8) is 0 Å². The molecule has 3 heteroatoms. The Bertz CT molecular complexity index is 204. The van der Waals surface area contributed by atoms with E-state index >= 15 is 0 Å². The van der Waals surface area contributed by atoms with Crippen molar-refractivity contribution < 1.29 is 14.3 Å². The molecule has 0 bridgehead atoms. The number of rotatable bonds is 4. The van der Waals surface area contributed by atoms with Gasteiger partial charge in [-0.15, -0.1) is 0 Å². The van der Waals surface area contributed by atoms with Crippen LogP contribution in [0.2, 0.25) is 0 Å². The minimum absolute atomic E-state index is 0.0234. The Labute approximate surface area is 78.7 Å². The first-order chi connectivity index (χ1) is 6.29. The Morgan fingerprint density at radius 2 is 2.08 bits per heavy atom. The van der Waals surface area contributed by atoms with Crippen LogP contribution in [0.1, 0.15) is 25.7 Å². The topological polar surface area (TPSA) is 35.5 Å². The summed E-state index contributed by atoms with van der Waals surface area (Å²) in [5.74, 6) is -0.0234. The molecule has 3 nitrogen and oxygen atoms in total. The molecule has 1 aliphatic rings. The zero-order valence-electron chi connectivity index (χ0n) is 8.21. The zero-order valence-corrected chi connectivity index (χ0v) is 8.21. The first-order valence-electron chi connectivity index (χ1n) is 4.58. The van der Waals surface area contributed by atoms with Crippen molar-refractivity contribution in [2.75, 3.05) is 14.2 Å². The van der Waals surface area contributed by atoms with Crippen LogP contribution in [0.3, 0.4) is 0 Å². The van der Waals surface area contributed by atoms with Gasteiger partial charge in [-0.3, -0.25) is 4.79 Å². The highest BCUT2D eigenvalue weighted by Crippen LogP contribution is 2.19. The Kier molecular flexibility index (Phi) is 4.12. The monoisotopic (exact) mass is 184 g/mol. The van der Waals surface area contributed by atoms with Gasteiger partial charge in [0, 0.05) is 14.2 Å². The molecule has 0 amide bonds. The highest BCUT2D eigenvalue weighted by Gasteiger charge is 2.21. The van der Waals surface area contributed by atoms with Gasteiger partial charge in [0.25, 0.3) is 0 Å². The molecular formula is C10H16O3. The molecule has 0 saturated carbocycles. The molecule has 13 heavy (non-hydrogen) atoms. The summed E-state index contributed by atoms with van der Waals surface area (Å²) in [5, 5.41) is 0. The largest absolute Gasteiger partial charge is 0.349 e. The first-order valence-corrected chi connectivity index (χ1v) is 4.58. The van der Waals surface area contributed by atoms with E-state index in [-0.39, 0.29) is 5.78 Å². The minimum atomic E-state index is -0.718. The first kappa shape index (κ1) is 10.4. The molecule has 0 N–H and O–H groups in total. The SMILES string of the molecule is COC(OC)C(=O)C1=CCCCC1.